The largest absolute Gasteiger partial charge is 0.339 e. The zero-order valence-electron chi connectivity index (χ0n) is 16.8. The van der Waals surface area contributed by atoms with Crippen LogP contribution in [0.15, 0.2) is 41.1 Å². The van der Waals surface area contributed by atoms with Crippen LogP contribution in [0.3, 0.4) is 0 Å². The van der Waals surface area contributed by atoms with Crippen molar-refractivity contribution in [1.29, 1.82) is 0 Å². The predicted molar refractivity (Wildman–Crippen MR) is 126 cm³/mol. The Morgan fingerprint density at radius 3 is 2.74 bits per heavy atom. The van der Waals surface area contributed by atoms with Gasteiger partial charge in [0.05, 0.1) is 15.6 Å². The van der Waals surface area contributed by atoms with Gasteiger partial charge in [0.15, 0.2) is 0 Å². The molecule has 1 aromatic carbocycles. The quantitative estimate of drug-likeness (QED) is 0.252. The van der Waals surface area contributed by atoms with Gasteiger partial charge in [-0.05, 0) is 48.9 Å². The monoisotopic (exact) mass is 473 g/mol. The fourth-order valence-electron chi connectivity index (χ4n) is 3.57. The van der Waals surface area contributed by atoms with E-state index >= 15 is 0 Å². The highest BCUT2D eigenvalue weighted by Gasteiger charge is 2.25. The van der Waals surface area contributed by atoms with E-state index in [4.69, 9.17) is 16.6 Å². The molecule has 1 aliphatic rings. The summed E-state index contributed by atoms with van der Waals surface area (Å²) in [5.41, 5.74) is 2.46. The molecule has 9 heteroatoms. The second-order valence-electron chi connectivity index (χ2n) is 7.40. The van der Waals surface area contributed by atoms with E-state index in [0.29, 0.717) is 24.3 Å². The van der Waals surface area contributed by atoms with Crippen LogP contribution in [0, 0.1) is 17.0 Å². The van der Waals surface area contributed by atoms with Gasteiger partial charge in [0, 0.05) is 47.0 Å². The lowest BCUT2D eigenvalue weighted by atomic mass is 9.97. The van der Waals surface area contributed by atoms with Crippen molar-refractivity contribution in [2.24, 2.45) is 0 Å². The van der Waals surface area contributed by atoms with E-state index < -0.39 is 4.92 Å². The number of aromatic nitrogens is 1. The minimum atomic E-state index is -0.486. The van der Waals surface area contributed by atoms with Crippen LogP contribution >= 0.6 is 34.3 Å². The van der Waals surface area contributed by atoms with Crippen molar-refractivity contribution in [3.8, 4) is 11.3 Å². The predicted octanol–water partition coefficient (Wildman–Crippen LogP) is 6.16. The standard InChI is InChI=1S/C22H20ClN3O3S2/c1-14-8-11-30-20(14)4-5-21(27)25-9-6-15(7-10-25)22-24-18(13-31-22)16-2-3-17(23)19(12-16)26(28)29/h2-5,8,11-13,15H,6-7,9-10H2,1H3/b5-4+. The number of likely N-dealkylation sites (tertiary alicyclic amines) is 1. The third kappa shape index (κ3) is 4.87. The van der Waals surface area contributed by atoms with Crippen molar-refractivity contribution < 1.29 is 9.72 Å². The lowest BCUT2D eigenvalue weighted by Crippen LogP contribution is -2.36. The number of amides is 1. The third-order valence-electron chi connectivity index (χ3n) is 5.40. The molecule has 160 valence electrons. The molecule has 0 radical (unpaired) electrons. The smallest absolute Gasteiger partial charge is 0.288 e. The minimum absolute atomic E-state index is 0.0413. The van der Waals surface area contributed by atoms with Crippen molar-refractivity contribution in [2.75, 3.05) is 13.1 Å². The summed E-state index contributed by atoms with van der Waals surface area (Å²) in [6, 6.07) is 6.79. The second kappa shape index (κ2) is 9.30. The van der Waals surface area contributed by atoms with Gasteiger partial charge in [0.1, 0.15) is 5.02 Å². The van der Waals surface area contributed by atoms with Crippen LogP contribution in [0.4, 0.5) is 5.69 Å². The number of piperidine rings is 1. The maximum absolute atomic E-state index is 12.5. The number of carbonyl (C=O) groups excluding carboxylic acids is 1. The molecular formula is C22H20ClN3O3S2. The van der Waals surface area contributed by atoms with Gasteiger partial charge >= 0.3 is 0 Å². The number of thiophene rings is 1. The highest BCUT2D eigenvalue weighted by atomic mass is 35.5. The zero-order valence-corrected chi connectivity index (χ0v) is 19.2. The van der Waals surface area contributed by atoms with E-state index in [1.165, 1.54) is 17.7 Å². The summed E-state index contributed by atoms with van der Waals surface area (Å²) in [5.74, 6) is 0.327. The van der Waals surface area contributed by atoms with Gasteiger partial charge in [-0.3, -0.25) is 14.9 Å². The molecule has 6 nitrogen and oxygen atoms in total. The lowest BCUT2D eigenvalue weighted by molar-refractivity contribution is -0.384. The Kier molecular flexibility index (Phi) is 6.50. The molecule has 31 heavy (non-hydrogen) atoms. The Balaban J connectivity index is 1.39. The van der Waals surface area contributed by atoms with Crippen molar-refractivity contribution in [2.45, 2.75) is 25.7 Å². The zero-order chi connectivity index (χ0) is 22.0. The highest BCUT2D eigenvalue weighted by Crippen LogP contribution is 2.35. The normalized spacial score (nSPS) is 15.0. The number of hydrogen-bond acceptors (Lipinski definition) is 6. The van der Waals surface area contributed by atoms with E-state index in [0.717, 1.165) is 22.7 Å². The van der Waals surface area contributed by atoms with E-state index in [1.807, 2.05) is 34.7 Å². The van der Waals surface area contributed by atoms with Crippen LogP contribution in [-0.4, -0.2) is 33.8 Å². The molecule has 0 N–H and O–H groups in total. The van der Waals surface area contributed by atoms with Gasteiger partial charge in [-0.1, -0.05) is 17.7 Å². The molecule has 3 aromatic rings. The van der Waals surface area contributed by atoms with Crippen molar-refractivity contribution >= 4 is 51.9 Å². The summed E-state index contributed by atoms with van der Waals surface area (Å²) in [7, 11) is 0. The number of nitrogens with zero attached hydrogens (tertiary/aromatic N) is 3. The fraction of sp³-hybridized carbons (Fsp3) is 0.273. The molecular weight excluding hydrogens is 454 g/mol. The maximum Gasteiger partial charge on any atom is 0.288 e. The molecule has 0 atom stereocenters. The summed E-state index contributed by atoms with van der Waals surface area (Å²) in [5, 5.41) is 16.2. The number of halogens is 1. The SMILES string of the molecule is Cc1ccsc1/C=C/C(=O)N1CCC(c2nc(-c3ccc(Cl)c([N+](=O)[O-])c3)cs2)CC1. The van der Waals surface area contributed by atoms with E-state index in [1.54, 1.807) is 34.8 Å². The Morgan fingerprint density at radius 2 is 2.06 bits per heavy atom. The van der Waals surface area contributed by atoms with E-state index in [9.17, 15) is 14.9 Å². The molecule has 0 bridgehead atoms. The molecule has 1 saturated heterocycles. The topological polar surface area (TPSA) is 76.3 Å². The van der Waals surface area contributed by atoms with Crippen LogP contribution in [-0.2, 0) is 4.79 Å². The number of thiazole rings is 1. The van der Waals surface area contributed by atoms with Crippen LogP contribution < -0.4 is 0 Å². The average molecular weight is 474 g/mol. The number of hydrogen-bond donors (Lipinski definition) is 0. The average Bonchev–Trinajstić information content (AvgIpc) is 3.41. The van der Waals surface area contributed by atoms with Crippen molar-refractivity contribution in [3.63, 3.8) is 0 Å². The first-order valence-corrected chi connectivity index (χ1v) is 12.0. The number of benzene rings is 1. The molecule has 0 unspecified atom stereocenters. The number of aryl methyl sites for hydroxylation is 1. The van der Waals surface area contributed by atoms with Gasteiger partial charge in [-0.2, -0.15) is 0 Å². The number of carbonyl (C=O) groups is 1. The van der Waals surface area contributed by atoms with Crippen LogP contribution in [0.1, 0.15) is 34.2 Å². The number of nitro benzene ring substituents is 1. The van der Waals surface area contributed by atoms with Crippen LogP contribution in [0.5, 0.6) is 0 Å². The Bertz CT molecular complexity index is 1150. The van der Waals surface area contributed by atoms with Gasteiger partial charge in [-0.25, -0.2) is 4.98 Å². The first-order chi connectivity index (χ1) is 14.9. The fourth-order valence-corrected chi connectivity index (χ4v) is 5.58. The number of nitro groups is 1. The van der Waals surface area contributed by atoms with Gasteiger partial charge in [0.25, 0.3) is 5.69 Å². The first-order valence-electron chi connectivity index (χ1n) is 9.83. The van der Waals surface area contributed by atoms with Gasteiger partial charge in [-0.15, -0.1) is 22.7 Å². The molecule has 1 fully saturated rings. The summed E-state index contributed by atoms with van der Waals surface area (Å²) in [6.45, 7) is 3.42. The molecule has 0 saturated carbocycles. The number of rotatable bonds is 5. The second-order valence-corrected chi connectivity index (χ2v) is 9.64. The Hall–Kier alpha value is -2.55. The Morgan fingerprint density at radius 1 is 1.29 bits per heavy atom. The van der Waals surface area contributed by atoms with E-state index in [2.05, 4.69) is 0 Å². The molecule has 4 rings (SSSR count). The molecule has 3 heterocycles. The highest BCUT2D eigenvalue weighted by molar-refractivity contribution is 7.11. The molecule has 1 amide bonds. The van der Waals surface area contributed by atoms with Crippen LogP contribution in [0.2, 0.25) is 5.02 Å². The summed E-state index contributed by atoms with van der Waals surface area (Å²) in [6.07, 6.45) is 5.26. The molecule has 0 spiro atoms. The van der Waals surface area contributed by atoms with Crippen molar-refractivity contribution in [3.05, 3.63) is 71.7 Å². The first kappa shape index (κ1) is 21.7. The van der Waals surface area contributed by atoms with Gasteiger partial charge < -0.3 is 4.90 Å². The maximum atomic E-state index is 12.5. The van der Waals surface area contributed by atoms with Crippen molar-refractivity contribution in [1.82, 2.24) is 9.88 Å². The van der Waals surface area contributed by atoms with E-state index in [-0.39, 0.29) is 22.5 Å². The molecule has 2 aromatic heterocycles. The molecule has 1 aliphatic heterocycles. The lowest BCUT2D eigenvalue weighted by Gasteiger charge is -2.30. The summed E-state index contributed by atoms with van der Waals surface area (Å²) < 4.78 is 0. The minimum Gasteiger partial charge on any atom is -0.339 e. The van der Waals surface area contributed by atoms with Gasteiger partial charge in [0.2, 0.25) is 5.91 Å². The summed E-state index contributed by atoms with van der Waals surface area (Å²) >= 11 is 9.10. The third-order valence-corrected chi connectivity index (χ3v) is 7.71. The molecule has 0 aliphatic carbocycles. The summed E-state index contributed by atoms with van der Waals surface area (Å²) in [4.78, 5) is 30.9. The Labute approximate surface area is 193 Å². The van der Waals surface area contributed by atoms with Crippen LogP contribution in [0.25, 0.3) is 17.3 Å².